The number of ether oxygens (including phenoxy) is 1. The van der Waals surface area contributed by atoms with Gasteiger partial charge in [-0.2, -0.15) is 5.10 Å². The van der Waals surface area contributed by atoms with Gasteiger partial charge in [0, 0.05) is 23.9 Å². The molecular formula is C18H18FN3O. The highest BCUT2D eigenvalue weighted by molar-refractivity contribution is 5.60. The van der Waals surface area contributed by atoms with Crippen LogP contribution >= 0.6 is 0 Å². The molecule has 4 nitrogen and oxygen atoms in total. The van der Waals surface area contributed by atoms with Crippen molar-refractivity contribution in [1.82, 2.24) is 9.78 Å². The summed E-state index contributed by atoms with van der Waals surface area (Å²) < 4.78 is 21.7. The summed E-state index contributed by atoms with van der Waals surface area (Å²) in [5, 5.41) is 4.35. The lowest BCUT2D eigenvalue weighted by Crippen LogP contribution is -2.22. The molecule has 0 saturated heterocycles. The van der Waals surface area contributed by atoms with Gasteiger partial charge in [-0.3, -0.25) is 4.68 Å². The molecule has 0 aliphatic rings. The molecule has 2 N–H and O–H groups in total. The van der Waals surface area contributed by atoms with Crippen LogP contribution in [-0.4, -0.2) is 15.8 Å². The standard InChI is InChI=1S/C18H18FN3O/c1-13(20)12-22-10-9-18(21-22)16-8-7-15(11-17(16)19)23-14-5-3-2-4-6-14/h2-11,13H,12,20H2,1H3. The molecule has 2 aromatic carbocycles. The number of rotatable bonds is 5. The molecule has 1 atom stereocenters. The van der Waals surface area contributed by atoms with Crippen molar-refractivity contribution in [2.75, 3.05) is 0 Å². The third-order valence-electron chi connectivity index (χ3n) is 3.31. The molecular weight excluding hydrogens is 293 g/mol. The Morgan fingerprint density at radius 2 is 1.91 bits per heavy atom. The van der Waals surface area contributed by atoms with E-state index in [1.807, 2.05) is 37.3 Å². The van der Waals surface area contributed by atoms with E-state index < -0.39 is 0 Å². The minimum atomic E-state index is -0.371. The molecule has 0 bridgehead atoms. The van der Waals surface area contributed by atoms with Crippen LogP contribution in [-0.2, 0) is 6.54 Å². The SMILES string of the molecule is CC(N)Cn1ccc(-c2ccc(Oc3ccccc3)cc2F)n1. The van der Waals surface area contributed by atoms with Crippen molar-refractivity contribution < 1.29 is 9.13 Å². The first-order valence-corrected chi connectivity index (χ1v) is 7.43. The zero-order valence-corrected chi connectivity index (χ0v) is 12.8. The van der Waals surface area contributed by atoms with E-state index >= 15 is 0 Å². The van der Waals surface area contributed by atoms with E-state index in [0.717, 1.165) is 0 Å². The van der Waals surface area contributed by atoms with E-state index in [9.17, 15) is 4.39 Å². The van der Waals surface area contributed by atoms with Crippen LogP contribution in [0.3, 0.4) is 0 Å². The molecule has 1 unspecified atom stereocenters. The highest BCUT2D eigenvalue weighted by atomic mass is 19.1. The summed E-state index contributed by atoms with van der Waals surface area (Å²) in [7, 11) is 0. The summed E-state index contributed by atoms with van der Waals surface area (Å²) in [5.74, 6) is 0.748. The second-order valence-electron chi connectivity index (χ2n) is 5.46. The molecule has 0 saturated carbocycles. The summed E-state index contributed by atoms with van der Waals surface area (Å²) in [6, 6.07) is 15.8. The van der Waals surface area contributed by atoms with Gasteiger partial charge in [-0.05, 0) is 37.3 Å². The number of aromatic nitrogens is 2. The van der Waals surface area contributed by atoms with E-state index in [0.29, 0.717) is 29.3 Å². The quantitative estimate of drug-likeness (QED) is 0.779. The summed E-state index contributed by atoms with van der Waals surface area (Å²) in [6.07, 6.45) is 1.80. The Morgan fingerprint density at radius 1 is 1.13 bits per heavy atom. The van der Waals surface area contributed by atoms with Gasteiger partial charge in [0.25, 0.3) is 0 Å². The largest absolute Gasteiger partial charge is 0.457 e. The van der Waals surface area contributed by atoms with E-state index in [1.54, 1.807) is 29.1 Å². The van der Waals surface area contributed by atoms with Crippen molar-refractivity contribution in [3.05, 3.63) is 66.6 Å². The summed E-state index contributed by atoms with van der Waals surface area (Å²) >= 11 is 0. The van der Waals surface area contributed by atoms with Crippen LogP contribution in [0.2, 0.25) is 0 Å². The average molecular weight is 311 g/mol. The highest BCUT2D eigenvalue weighted by Crippen LogP contribution is 2.27. The van der Waals surface area contributed by atoms with Gasteiger partial charge in [-0.15, -0.1) is 0 Å². The summed E-state index contributed by atoms with van der Waals surface area (Å²) in [5.41, 5.74) is 6.76. The number of para-hydroxylation sites is 1. The molecule has 0 aliphatic carbocycles. The molecule has 118 valence electrons. The van der Waals surface area contributed by atoms with Crippen LogP contribution in [0.1, 0.15) is 6.92 Å². The second-order valence-corrected chi connectivity index (χ2v) is 5.46. The Hall–Kier alpha value is -2.66. The van der Waals surface area contributed by atoms with Crippen molar-refractivity contribution >= 4 is 0 Å². The van der Waals surface area contributed by atoms with Crippen LogP contribution in [0.5, 0.6) is 11.5 Å². The molecule has 1 aromatic heterocycles. The van der Waals surface area contributed by atoms with Crippen molar-refractivity contribution in [3.8, 4) is 22.8 Å². The van der Waals surface area contributed by atoms with Gasteiger partial charge in [0.15, 0.2) is 0 Å². The predicted molar refractivity (Wildman–Crippen MR) is 87.8 cm³/mol. The Morgan fingerprint density at radius 3 is 2.61 bits per heavy atom. The first-order valence-electron chi connectivity index (χ1n) is 7.43. The third-order valence-corrected chi connectivity index (χ3v) is 3.31. The van der Waals surface area contributed by atoms with E-state index in [4.69, 9.17) is 10.5 Å². The van der Waals surface area contributed by atoms with Gasteiger partial charge >= 0.3 is 0 Å². The molecule has 3 aromatic rings. The zero-order chi connectivity index (χ0) is 16.2. The molecule has 0 fully saturated rings. The molecule has 0 amide bonds. The van der Waals surface area contributed by atoms with Gasteiger partial charge in [-0.1, -0.05) is 18.2 Å². The molecule has 1 heterocycles. The Bertz CT molecular complexity index is 784. The van der Waals surface area contributed by atoms with Crippen LogP contribution < -0.4 is 10.5 Å². The van der Waals surface area contributed by atoms with Crippen LogP contribution in [0.25, 0.3) is 11.3 Å². The Kier molecular flexibility index (Phi) is 4.39. The number of hydrogen-bond donors (Lipinski definition) is 1. The van der Waals surface area contributed by atoms with Gasteiger partial charge in [0.1, 0.15) is 17.3 Å². The normalized spacial score (nSPS) is 12.1. The smallest absolute Gasteiger partial charge is 0.136 e. The lowest BCUT2D eigenvalue weighted by atomic mass is 10.1. The first kappa shape index (κ1) is 15.2. The maximum atomic E-state index is 14.4. The molecule has 3 rings (SSSR count). The van der Waals surface area contributed by atoms with E-state index in [-0.39, 0.29) is 11.9 Å². The molecule has 0 aliphatic heterocycles. The van der Waals surface area contributed by atoms with Crippen molar-refractivity contribution in [2.24, 2.45) is 5.73 Å². The fourth-order valence-electron chi connectivity index (χ4n) is 2.29. The number of nitrogens with two attached hydrogens (primary N) is 1. The Labute approximate surface area is 134 Å². The molecule has 0 spiro atoms. The van der Waals surface area contributed by atoms with Crippen LogP contribution in [0.15, 0.2) is 60.8 Å². The van der Waals surface area contributed by atoms with Gasteiger partial charge in [0.05, 0.1) is 12.2 Å². The first-order chi connectivity index (χ1) is 11.1. The number of benzene rings is 2. The van der Waals surface area contributed by atoms with E-state index in [2.05, 4.69) is 5.10 Å². The zero-order valence-electron chi connectivity index (χ0n) is 12.8. The fourth-order valence-corrected chi connectivity index (χ4v) is 2.29. The summed E-state index contributed by atoms with van der Waals surface area (Å²) in [6.45, 7) is 2.49. The summed E-state index contributed by atoms with van der Waals surface area (Å²) in [4.78, 5) is 0. The molecule has 5 heteroatoms. The van der Waals surface area contributed by atoms with Crippen molar-refractivity contribution in [3.63, 3.8) is 0 Å². The third kappa shape index (κ3) is 3.76. The fraction of sp³-hybridized carbons (Fsp3) is 0.167. The maximum Gasteiger partial charge on any atom is 0.136 e. The van der Waals surface area contributed by atoms with Crippen LogP contribution in [0.4, 0.5) is 4.39 Å². The number of hydrogen-bond acceptors (Lipinski definition) is 3. The lowest BCUT2D eigenvalue weighted by molar-refractivity contribution is 0.477. The number of halogens is 1. The molecule has 23 heavy (non-hydrogen) atoms. The topological polar surface area (TPSA) is 53.1 Å². The predicted octanol–water partition coefficient (Wildman–Crippen LogP) is 3.83. The monoisotopic (exact) mass is 311 g/mol. The minimum absolute atomic E-state index is 0.00533. The van der Waals surface area contributed by atoms with Gasteiger partial charge < -0.3 is 10.5 Å². The lowest BCUT2D eigenvalue weighted by Gasteiger charge is -2.07. The Balaban J connectivity index is 1.80. The molecule has 0 radical (unpaired) electrons. The van der Waals surface area contributed by atoms with E-state index in [1.165, 1.54) is 6.07 Å². The van der Waals surface area contributed by atoms with Crippen LogP contribution in [0, 0.1) is 5.82 Å². The maximum absolute atomic E-state index is 14.4. The van der Waals surface area contributed by atoms with Crippen molar-refractivity contribution in [1.29, 1.82) is 0 Å². The minimum Gasteiger partial charge on any atom is -0.457 e. The van der Waals surface area contributed by atoms with Gasteiger partial charge in [-0.25, -0.2) is 4.39 Å². The number of nitrogens with zero attached hydrogens (tertiary/aromatic N) is 2. The van der Waals surface area contributed by atoms with Gasteiger partial charge in [0.2, 0.25) is 0 Å². The highest BCUT2D eigenvalue weighted by Gasteiger charge is 2.10. The van der Waals surface area contributed by atoms with Crippen molar-refractivity contribution in [2.45, 2.75) is 19.5 Å². The average Bonchev–Trinajstić information content (AvgIpc) is 2.96. The second kappa shape index (κ2) is 6.62.